The third-order valence-corrected chi connectivity index (χ3v) is 12.8. The molecule has 0 aromatic heterocycles. The SMILES string of the molecule is CC1(C)c2ccccc2-c2ccc(N(c3ccc(-c4cc5ccc6ccccc6c5c5ccccc45)cc3)c3ccc4c(c3)C(C)(C)c3ccccc3-4)cc21. The Morgan fingerprint density at radius 2 is 0.800 bits per heavy atom. The highest BCUT2D eigenvalue weighted by molar-refractivity contribution is 6.23. The molecule has 0 N–H and O–H groups in total. The summed E-state index contributed by atoms with van der Waals surface area (Å²) in [5.41, 5.74) is 16.6. The van der Waals surface area contributed by atoms with E-state index in [-0.39, 0.29) is 10.8 Å². The number of hydrogen-bond donors (Lipinski definition) is 0. The van der Waals surface area contributed by atoms with Gasteiger partial charge in [-0.2, -0.15) is 0 Å². The molecule has 9 aromatic carbocycles. The molecule has 0 saturated carbocycles. The molecule has 0 aliphatic heterocycles. The summed E-state index contributed by atoms with van der Waals surface area (Å²) in [6.45, 7) is 9.47. The van der Waals surface area contributed by atoms with Crippen LogP contribution in [0.1, 0.15) is 49.9 Å². The lowest BCUT2D eigenvalue weighted by Crippen LogP contribution is -2.18. The highest BCUT2D eigenvalue weighted by Crippen LogP contribution is 2.53. The first-order valence-corrected chi connectivity index (χ1v) is 19.5. The molecule has 0 atom stereocenters. The van der Waals surface area contributed by atoms with Crippen LogP contribution in [-0.2, 0) is 10.8 Å². The highest BCUT2D eigenvalue weighted by Gasteiger charge is 2.37. The van der Waals surface area contributed by atoms with E-state index in [0.29, 0.717) is 0 Å². The Labute approximate surface area is 323 Å². The Morgan fingerprint density at radius 1 is 0.327 bits per heavy atom. The molecule has 0 bridgehead atoms. The van der Waals surface area contributed by atoms with Crippen LogP contribution in [0.25, 0.3) is 65.7 Å². The van der Waals surface area contributed by atoms with Crippen LogP contribution in [-0.4, -0.2) is 0 Å². The van der Waals surface area contributed by atoms with Crippen molar-refractivity contribution in [1.82, 2.24) is 0 Å². The maximum absolute atomic E-state index is 2.47. The maximum Gasteiger partial charge on any atom is 0.0465 e. The van der Waals surface area contributed by atoms with Crippen molar-refractivity contribution >= 4 is 49.4 Å². The topological polar surface area (TPSA) is 3.24 Å². The number of hydrogen-bond acceptors (Lipinski definition) is 1. The summed E-state index contributed by atoms with van der Waals surface area (Å²) in [5, 5.41) is 7.73. The van der Waals surface area contributed by atoms with E-state index < -0.39 is 0 Å². The lowest BCUT2D eigenvalue weighted by Gasteiger charge is -2.30. The van der Waals surface area contributed by atoms with E-state index >= 15 is 0 Å². The average Bonchev–Trinajstić information content (AvgIpc) is 3.60. The van der Waals surface area contributed by atoms with Crippen LogP contribution in [0.3, 0.4) is 0 Å². The van der Waals surface area contributed by atoms with E-state index in [1.54, 1.807) is 0 Å². The van der Waals surface area contributed by atoms with Gasteiger partial charge in [-0.15, -0.1) is 0 Å². The molecule has 1 nitrogen and oxygen atoms in total. The van der Waals surface area contributed by atoms with E-state index in [2.05, 4.69) is 209 Å². The first-order valence-electron chi connectivity index (χ1n) is 19.5. The van der Waals surface area contributed by atoms with Crippen molar-refractivity contribution in [2.75, 3.05) is 4.90 Å². The summed E-state index contributed by atoms with van der Waals surface area (Å²) < 4.78 is 0. The van der Waals surface area contributed by atoms with Crippen LogP contribution in [0.5, 0.6) is 0 Å². The summed E-state index contributed by atoms with van der Waals surface area (Å²) in [5.74, 6) is 0. The van der Waals surface area contributed by atoms with Crippen molar-refractivity contribution < 1.29 is 0 Å². The molecule has 55 heavy (non-hydrogen) atoms. The van der Waals surface area contributed by atoms with Crippen molar-refractivity contribution in [1.29, 1.82) is 0 Å². The van der Waals surface area contributed by atoms with Crippen molar-refractivity contribution in [3.05, 3.63) is 198 Å². The molecule has 0 spiro atoms. The van der Waals surface area contributed by atoms with Crippen LogP contribution >= 0.6 is 0 Å². The molecule has 2 aliphatic rings. The van der Waals surface area contributed by atoms with Gasteiger partial charge in [-0.05, 0) is 130 Å². The van der Waals surface area contributed by atoms with Crippen LogP contribution in [0.2, 0.25) is 0 Å². The van der Waals surface area contributed by atoms with Crippen LogP contribution in [0, 0.1) is 0 Å². The smallest absolute Gasteiger partial charge is 0.0465 e. The monoisotopic (exact) mass is 703 g/mol. The van der Waals surface area contributed by atoms with Gasteiger partial charge in [-0.3, -0.25) is 0 Å². The lowest BCUT2D eigenvalue weighted by atomic mass is 9.82. The average molecular weight is 704 g/mol. The van der Waals surface area contributed by atoms with E-state index in [1.165, 1.54) is 99.3 Å². The first kappa shape index (κ1) is 32.0. The quantitative estimate of drug-likeness (QED) is 0.165. The molecule has 1 heteroatoms. The van der Waals surface area contributed by atoms with Crippen molar-refractivity contribution in [2.45, 2.75) is 38.5 Å². The third-order valence-electron chi connectivity index (χ3n) is 12.8. The molecular formula is C54H41N. The second-order valence-electron chi connectivity index (χ2n) is 16.5. The molecule has 0 heterocycles. The minimum Gasteiger partial charge on any atom is -0.310 e. The minimum atomic E-state index is -0.0957. The van der Waals surface area contributed by atoms with E-state index in [0.717, 1.165) is 5.69 Å². The zero-order valence-corrected chi connectivity index (χ0v) is 31.7. The predicted octanol–water partition coefficient (Wildman–Crippen LogP) is 14.9. The lowest BCUT2D eigenvalue weighted by molar-refractivity contribution is 0.660. The van der Waals surface area contributed by atoms with Gasteiger partial charge in [0.15, 0.2) is 0 Å². The van der Waals surface area contributed by atoms with Gasteiger partial charge >= 0.3 is 0 Å². The zero-order valence-electron chi connectivity index (χ0n) is 31.7. The Morgan fingerprint density at radius 3 is 1.42 bits per heavy atom. The summed E-state index contributed by atoms with van der Waals surface area (Å²) in [6, 6.07) is 65.9. The van der Waals surface area contributed by atoms with Crippen LogP contribution in [0.4, 0.5) is 17.1 Å². The van der Waals surface area contributed by atoms with Crippen molar-refractivity contribution in [3.8, 4) is 33.4 Å². The van der Waals surface area contributed by atoms with Gasteiger partial charge in [0.05, 0.1) is 0 Å². The molecular weight excluding hydrogens is 663 g/mol. The minimum absolute atomic E-state index is 0.0957. The Hall–Kier alpha value is -6.44. The number of anilines is 3. The van der Waals surface area contributed by atoms with Gasteiger partial charge in [0.25, 0.3) is 0 Å². The van der Waals surface area contributed by atoms with Gasteiger partial charge in [0.1, 0.15) is 0 Å². The van der Waals surface area contributed by atoms with Crippen molar-refractivity contribution in [2.24, 2.45) is 0 Å². The Bertz CT molecular complexity index is 2930. The first-order chi connectivity index (χ1) is 26.8. The largest absolute Gasteiger partial charge is 0.310 e. The van der Waals surface area contributed by atoms with Crippen LogP contribution < -0.4 is 4.90 Å². The summed E-state index contributed by atoms with van der Waals surface area (Å²) in [4.78, 5) is 2.47. The van der Waals surface area contributed by atoms with Crippen LogP contribution in [0.15, 0.2) is 176 Å². The number of benzene rings is 9. The Balaban J connectivity index is 1.08. The summed E-state index contributed by atoms with van der Waals surface area (Å²) in [7, 11) is 0. The highest BCUT2D eigenvalue weighted by atomic mass is 15.1. The molecule has 262 valence electrons. The van der Waals surface area contributed by atoms with Gasteiger partial charge < -0.3 is 4.90 Å². The third kappa shape index (κ3) is 4.60. The second kappa shape index (κ2) is 11.5. The Kier molecular flexibility index (Phi) is 6.72. The van der Waals surface area contributed by atoms with Gasteiger partial charge in [-0.1, -0.05) is 161 Å². The summed E-state index contributed by atoms with van der Waals surface area (Å²) in [6.07, 6.45) is 0. The molecule has 0 fully saturated rings. The van der Waals surface area contributed by atoms with E-state index in [1.807, 2.05) is 0 Å². The fourth-order valence-electron chi connectivity index (χ4n) is 10.0. The fraction of sp³-hybridized carbons (Fsp3) is 0.111. The standard InChI is InChI=1S/C54H41N/c1-53(2)48-19-11-9-16-42(48)44-29-27-38(32-50(44)53)55(39-28-30-45-43-17-10-12-20-49(43)54(3,4)51(45)33-39)37-25-23-35(24-26-37)47-31-36-22-21-34-13-5-6-14-40(34)52(36)46-18-8-7-15-41(46)47/h5-33H,1-4H3. The molecule has 2 aliphatic carbocycles. The van der Waals surface area contributed by atoms with Gasteiger partial charge in [-0.25, -0.2) is 0 Å². The van der Waals surface area contributed by atoms with Gasteiger partial charge in [0.2, 0.25) is 0 Å². The van der Waals surface area contributed by atoms with E-state index in [9.17, 15) is 0 Å². The molecule has 0 radical (unpaired) electrons. The molecule has 0 amide bonds. The second-order valence-corrected chi connectivity index (χ2v) is 16.5. The molecule has 11 rings (SSSR count). The molecule has 0 saturated heterocycles. The number of rotatable bonds is 4. The molecule has 9 aromatic rings. The van der Waals surface area contributed by atoms with E-state index in [4.69, 9.17) is 0 Å². The molecule has 0 unspecified atom stereocenters. The predicted molar refractivity (Wildman–Crippen MR) is 234 cm³/mol. The normalized spacial score (nSPS) is 14.5. The zero-order chi connectivity index (χ0) is 37.1. The maximum atomic E-state index is 2.47. The van der Waals surface area contributed by atoms with Gasteiger partial charge in [0, 0.05) is 27.9 Å². The summed E-state index contributed by atoms with van der Waals surface area (Å²) >= 11 is 0. The number of nitrogens with zero attached hydrogens (tertiary/aromatic N) is 1. The fourth-order valence-corrected chi connectivity index (χ4v) is 10.0. The van der Waals surface area contributed by atoms with Crippen molar-refractivity contribution in [3.63, 3.8) is 0 Å². The number of fused-ring (bicyclic) bond motifs is 11.